The molecule has 10 heteroatoms. The van der Waals surface area contributed by atoms with E-state index in [1.165, 1.54) is 47.4 Å². The van der Waals surface area contributed by atoms with E-state index in [9.17, 15) is 26.8 Å². The number of amides is 2. The Morgan fingerprint density at radius 2 is 1.47 bits per heavy atom. The number of benzene rings is 4. The Bertz CT molecular complexity index is 1650. The number of hydrogen-bond acceptors (Lipinski definition) is 4. The summed E-state index contributed by atoms with van der Waals surface area (Å²) in [6.45, 7) is 2.83. The van der Waals surface area contributed by atoms with Crippen molar-refractivity contribution in [2.24, 2.45) is 0 Å². The van der Waals surface area contributed by atoms with Gasteiger partial charge in [0.15, 0.2) is 0 Å². The van der Waals surface area contributed by atoms with Gasteiger partial charge >= 0.3 is 0 Å². The molecule has 0 aliphatic carbocycles. The summed E-state index contributed by atoms with van der Waals surface area (Å²) < 4.78 is 57.4. The van der Waals surface area contributed by atoms with E-state index in [1.54, 1.807) is 37.3 Å². The van der Waals surface area contributed by atoms with Crippen LogP contribution < -0.4 is 9.62 Å². The molecule has 0 heterocycles. The highest BCUT2D eigenvalue weighted by Gasteiger charge is 2.34. The van der Waals surface area contributed by atoms with E-state index >= 15 is 0 Å². The van der Waals surface area contributed by atoms with Crippen LogP contribution in [0.4, 0.5) is 14.5 Å². The van der Waals surface area contributed by atoms with Gasteiger partial charge in [0, 0.05) is 25.1 Å². The molecular formula is C33H33F2N3O4S. The molecule has 4 aromatic carbocycles. The second kappa shape index (κ2) is 14.1. The van der Waals surface area contributed by atoms with E-state index in [2.05, 4.69) is 5.32 Å². The highest BCUT2D eigenvalue weighted by molar-refractivity contribution is 7.92. The third kappa shape index (κ3) is 7.84. The first-order chi connectivity index (χ1) is 20.6. The molecule has 0 aliphatic heterocycles. The van der Waals surface area contributed by atoms with E-state index in [0.29, 0.717) is 0 Å². The van der Waals surface area contributed by atoms with Gasteiger partial charge < -0.3 is 10.2 Å². The Morgan fingerprint density at radius 3 is 2.09 bits per heavy atom. The van der Waals surface area contributed by atoms with Crippen LogP contribution in [0.3, 0.4) is 0 Å². The van der Waals surface area contributed by atoms with E-state index in [0.717, 1.165) is 27.6 Å². The number of anilines is 1. The van der Waals surface area contributed by atoms with Crippen molar-refractivity contribution < 1.29 is 26.8 Å². The van der Waals surface area contributed by atoms with Crippen LogP contribution in [0.25, 0.3) is 0 Å². The molecule has 0 saturated carbocycles. The number of rotatable bonds is 12. The van der Waals surface area contributed by atoms with Crippen LogP contribution in [0.1, 0.15) is 23.6 Å². The number of halogens is 2. The number of aryl methyl sites for hydroxylation is 1. The lowest BCUT2D eigenvalue weighted by atomic mass is 10.0. The summed E-state index contributed by atoms with van der Waals surface area (Å²) in [4.78, 5) is 28.8. The Morgan fingerprint density at radius 1 is 0.837 bits per heavy atom. The smallest absolute Gasteiger partial charge is 0.264 e. The van der Waals surface area contributed by atoms with Gasteiger partial charge in [0.1, 0.15) is 24.2 Å². The molecule has 0 radical (unpaired) electrons. The molecule has 2 amide bonds. The highest BCUT2D eigenvalue weighted by atomic mass is 32.2. The Balaban J connectivity index is 1.80. The molecule has 1 N–H and O–H groups in total. The SMILES string of the molecule is CCNC(=O)[C@H](Cc1ccccc1)N(Cc1ccccc1F)C(=O)CN(c1ccc(F)cc1)S(=O)(=O)c1ccc(C)cc1. The molecular weight excluding hydrogens is 572 g/mol. The zero-order valence-corrected chi connectivity index (χ0v) is 24.7. The van der Waals surface area contributed by atoms with Crippen molar-refractivity contribution >= 4 is 27.5 Å². The number of nitrogens with zero attached hydrogens (tertiary/aromatic N) is 2. The third-order valence-electron chi connectivity index (χ3n) is 6.92. The van der Waals surface area contributed by atoms with Crippen molar-refractivity contribution in [2.75, 3.05) is 17.4 Å². The maximum absolute atomic E-state index is 14.9. The second-order valence-electron chi connectivity index (χ2n) is 10.0. The van der Waals surface area contributed by atoms with Crippen LogP contribution in [0.15, 0.2) is 108 Å². The summed E-state index contributed by atoms with van der Waals surface area (Å²) in [5.74, 6) is -2.36. The topological polar surface area (TPSA) is 86.8 Å². The van der Waals surface area contributed by atoms with Gasteiger partial charge in [-0.3, -0.25) is 13.9 Å². The number of sulfonamides is 1. The standard InChI is InChI=1S/C33H33F2N3O4S/c1-3-36-33(40)31(21-25-9-5-4-6-10-25)37(22-26-11-7-8-12-30(26)35)32(39)23-38(28-17-15-27(34)16-18-28)43(41,42)29-19-13-24(2)14-20-29/h4-20,31H,3,21-23H2,1-2H3,(H,36,40)/t31-/m0/s1. The fourth-order valence-corrected chi connectivity index (χ4v) is 6.04. The normalized spacial score (nSPS) is 11.9. The molecule has 7 nitrogen and oxygen atoms in total. The first-order valence-electron chi connectivity index (χ1n) is 13.8. The van der Waals surface area contributed by atoms with Gasteiger partial charge in [0.25, 0.3) is 10.0 Å². The monoisotopic (exact) mass is 605 g/mol. The molecule has 0 bridgehead atoms. The minimum atomic E-state index is -4.32. The Labute approximate surface area is 250 Å². The lowest BCUT2D eigenvalue weighted by Crippen LogP contribution is -2.53. The van der Waals surface area contributed by atoms with Crippen LogP contribution in [-0.2, 0) is 32.6 Å². The van der Waals surface area contributed by atoms with Gasteiger partial charge in [0.2, 0.25) is 11.8 Å². The van der Waals surface area contributed by atoms with Gasteiger partial charge in [0.05, 0.1) is 10.6 Å². The van der Waals surface area contributed by atoms with E-state index in [4.69, 9.17) is 0 Å². The van der Waals surface area contributed by atoms with Crippen molar-refractivity contribution in [2.45, 2.75) is 37.8 Å². The maximum Gasteiger partial charge on any atom is 0.264 e. The summed E-state index contributed by atoms with van der Waals surface area (Å²) in [6.07, 6.45) is 0.105. The number of likely N-dealkylation sites (N-methyl/N-ethyl adjacent to an activating group) is 1. The minimum Gasteiger partial charge on any atom is -0.355 e. The van der Waals surface area contributed by atoms with E-state index < -0.39 is 46.1 Å². The lowest BCUT2D eigenvalue weighted by molar-refractivity contribution is -0.140. The fraction of sp³-hybridized carbons (Fsp3) is 0.212. The summed E-state index contributed by atoms with van der Waals surface area (Å²) in [5, 5.41) is 2.75. The predicted molar refractivity (Wildman–Crippen MR) is 162 cm³/mol. The van der Waals surface area contributed by atoms with Gasteiger partial charge in [-0.25, -0.2) is 17.2 Å². The molecule has 43 heavy (non-hydrogen) atoms. The number of carbonyl (C=O) groups excluding carboxylic acids is 2. The van der Waals surface area contributed by atoms with Crippen molar-refractivity contribution in [3.63, 3.8) is 0 Å². The first kappa shape index (κ1) is 31.4. The zero-order valence-electron chi connectivity index (χ0n) is 23.9. The van der Waals surface area contributed by atoms with Crippen molar-refractivity contribution in [1.82, 2.24) is 10.2 Å². The van der Waals surface area contributed by atoms with Crippen molar-refractivity contribution in [1.29, 1.82) is 0 Å². The molecule has 0 spiro atoms. The quantitative estimate of drug-likeness (QED) is 0.239. The Kier molecular flexibility index (Phi) is 10.3. The van der Waals surface area contributed by atoms with Gasteiger partial charge in [-0.1, -0.05) is 66.2 Å². The van der Waals surface area contributed by atoms with Crippen LogP contribution in [0.2, 0.25) is 0 Å². The molecule has 224 valence electrons. The van der Waals surface area contributed by atoms with Crippen LogP contribution in [-0.4, -0.2) is 44.3 Å². The highest BCUT2D eigenvalue weighted by Crippen LogP contribution is 2.26. The van der Waals surface area contributed by atoms with E-state index in [-0.39, 0.29) is 35.7 Å². The third-order valence-corrected chi connectivity index (χ3v) is 8.71. The molecule has 4 aromatic rings. The molecule has 0 saturated heterocycles. The maximum atomic E-state index is 14.9. The molecule has 0 unspecified atom stereocenters. The molecule has 0 aromatic heterocycles. The fourth-order valence-electron chi connectivity index (χ4n) is 4.63. The van der Waals surface area contributed by atoms with Crippen LogP contribution >= 0.6 is 0 Å². The second-order valence-corrected chi connectivity index (χ2v) is 11.9. The van der Waals surface area contributed by atoms with Crippen molar-refractivity contribution in [3.05, 3.63) is 131 Å². The summed E-state index contributed by atoms with van der Waals surface area (Å²) in [5.41, 5.74) is 1.81. The lowest BCUT2D eigenvalue weighted by Gasteiger charge is -2.34. The van der Waals surface area contributed by atoms with Crippen LogP contribution in [0.5, 0.6) is 0 Å². The van der Waals surface area contributed by atoms with Crippen LogP contribution in [0, 0.1) is 18.6 Å². The van der Waals surface area contributed by atoms with Gasteiger partial charge in [-0.15, -0.1) is 0 Å². The summed E-state index contributed by atoms with van der Waals surface area (Å²) in [6, 6.07) is 24.7. The summed E-state index contributed by atoms with van der Waals surface area (Å²) in [7, 11) is -4.32. The molecule has 4 rings (SSSR count). The first-order valence-corrected chi connectivity index (χ1v) is 15.2. The summed E-state index contributed by atoms with van der Waals surface area (Å²) >= 11 is 0. The molecule has 1 atom stereocenters. The largest absolute Gasteiger partial charge is 0.355 e. The van der Waals surface area contributed by atoms with E-state index in [1.807, 2.05) is 25.1 Å². The average molecular weight is 606 g/mol. The number of hydrogen-bond donors (Lipinski definition) is 1. The number of carbonyl (C=O) groups is 2. The molecule has 0 aliphatic rings. The zero-order chi connectivity index (χ0) is 31.0. The number of nitrogens with one attached hydrogen (secondary N) is 1. The Hall–Kier alpha value is -4.57. The van der Waals surface area contributed by atoms with Gasteiger partial charge in [-0.05, 0) is 61.9 Å². The minimum absolute atomic E-state index is 0.0544. The molecule has 0 fully saturated rings. The predicted octanol–water partition coefficient (Wildman–Crippen LogP) is 5.24. The van der Waals surface area contributed by atoms with Gasteiger partial charge in [-0.2, -0.15) is 0 Å². The van der Waals surface area contributed by atoms with Crippen molar-refractivity contribution in [3.8, 4) is 0 Å². The average Bonchev–Trinajstić information content (AvgIpc) is 3.00.